The van der Waals surface area contributed by atoms with Gasteiger partial charge in [-0.3, -0.25) is 14.5 Å². The van der Waals surface area contributed by atoms with E-state index in [2.05, 4.69) is 15.5 Å². The average Bonchev–Trinajstić information content (AvgIpc) is 2.56. The van der Waals surface area contributed by atoms with Gasteiger partial charge in [0.25, 0.3) is 0 Å². The molecule has 3 N–H and O–H groups in total. The molecule has 6 nitrogen and oxygen atoms in total. The lowest BCUT2D eigenvalue weighted by atomic mass is 10.1. The maximum Gasteiger partial charge on any atom is 0.418 e. The van der Waals surface area contributed by atoms with Crippen molar-refractivity contribution in [1.29, 1.82) is 0 Å². The van der Waals surface area contributed by atoms with Gasteiger partial charge in [0.05, 0.1) is 11.3 Å². The molecule has 2 amide bonds. The molecule has 1 aromatic rings. The van der Waals surface area contributed by atoms with Gasteiger partial charge in [-0.15, -0.1) is 0 Å². The van der Waals surface area contributed by atoms with Gasteiger partial charge in [0, 0.05) is 44.3 Å². The molecule has 1 heterocycles. The number of piperazine rings is 1. The minimum atomic E-state index is -4.70. The van der Waals surface area contributed by atoms with Crippen molar-refractivity contribution in [3.8, 4) is 0 Å². The van der Waals surface area contributed by atoms with Crippen LogP contribution in [0.4, 0.5) is 18.9 Å². The summed E-state index contributed by atoms with van der Waals surface area (Å²) in [6, 6.07) is 2.91. The highest BCUT2D eigenvalue weighted by Gasteiger charge is 2.34. The van der Waals surface area contributed by atoms with E-state index in [1.807, 2.05) is 5.32 Å². The van der Waals surface area contributed by atoms with Crippen LogP contribution in [-0.4, -0.2) is 56.0 Å². The van der Waals surface area contributed by atoms with Crippen LogP contribution in [0.5, 0.6) is 0 Å². The molecule has 1 aliphatic rings. The summed E-state index contributed by atoms with van der Waals surface area (Å²) in [6.07, 6.45) is -4.70. The Bertz CT molecular complexity index is 634. The Morgan fingerprint density at radius 2 is 1.88 bits per heavy atom. The largest absolute Gasteiger partial charge is 0.418 e. The second-order valence-electron chi connectivity index (χ2n) is 5.49. The minimum absolute atomic E-state index is 0.120. The van der Waals surface area contributed by atoms with E-state index in [0.717, 1.165) is 32.2 Å². The Hall–Kier alpha value is -1.84. The number of hydrogen-bond acceptors (Lipinski definition) is 4. The third kappa shape index (κ3) is 5.87. The fourth-order valence-electron chi connectivity index (χ4n) is 2.38. The van der Waals surface area contributed by atoms with Crippen LogP contribution in [0.1, 0.15) is 5.56 Å². The molecule has 2 rings (SSSR count). The molecule has 0 bridgehead atoms. The summed E-state index contributed by atoms with van der Waals surface area (Å²) in [5, 5.41) is 7.45. The summed E-state index contributed by atoms with van der Waals surface area (Å²) in [5.74, 6) is -2.15. The summed E-state index contributed by atoms with van der Waals surface area (Å²) in [6.45, 7) is 4.18. The molecular weight excluding hydrogens is 361 g/mol. The number of anilines is 1. The summed E-state index contributed by atoms with van der Waals surface area (Å²) >= 11 is 5.56. The number of carbonyl (C=O) groups is 2. The molecule has 0 saturated carbocycles. The van der Waals surface area contributed by atoms with E-state index in [-0.39, 0.29) is 11.6 Å². The first-order chi connectivity index (χ1) is 11.8. The molecule has 10 heteroatoms. The van der Waals surface area contributed by atoms with Crippen molar-refractivity contribution in [2.45, 2.75) is 6.18 Å². The maximum atomic E-state index is 13.0. The normalized spacial score (nSPS) is 15.7. The number of carbonyl (C=O) groups excluding carboxylic acids is 2. The van der Waals surface area contributed by atoms with Crippen LogP contribution in [-0.2, 0) is 15.8 Å². The van der Waals surface area contributed by atoms with Gasteiger partial charge in [-0.2, -0.15) is 13.2 Å². The molecule has 0 aromatic heterocycles. The van der Waals surface area contributed by atoms with Gasteiger partial charge < -0.3 is 16.0 Å². The number of amides is 2. The van der Waals surface area contributed by atoms with Gasteiger partial charge in [-0.1, -0.05) is 11.6 Å². The zero-order valence-corrected chi connectivity index (χ0v) is 14.0. The standard InChI is InChI=1S/C15H18ClF3N4O2/c16-10-1-2-12(11(9-10)15(17,18)19)22-14(25)13(24)21-5-8-23-6-3-20-4-7-23/h1-2,9,20H,3-8H2,(H,21,24)(H,22,25). The van der Waals surface area contributed by atoms with Crippen LogP contribution in [0.15, 0.2) is 18.2 Å². The summed E-state index contributed by atoms with van der Waals surface area (Å²) in [7, 11) is 0. The van der Waals surface area contributed by atoms with Crippen molar-refractivity contribution in [2.24, 2.45) is 0 Å². The summed E-state index contributed by atoms with van der Waals surface area (Å²) in [4.78, 5) is 25.7. The van der Waals surface area contributed by atoms with Gasteiger partial charge in [0.15, 0.2) is 0 Å². The number of nitrogens with zero attached hydrogens (tertiary/aromatic N) is 1. The third-order valence-electron chi connectivity index (χ3n) is 3.66. The quantitative estimate of drug-likeness (QED) is 0.691. The minimum Gasteiger partial charge on any atom is -0.347 e. The number of nitrogens with one attached hydrogen (secondary N) is 3. The van der Waals surface area contributed by atoms with Gasteiger partial charge in [-0.25, -0.2) is 0 Å². The Balaban J connectivity index is 1.89. The fourth-order valence-corrected chi connectivity index (χ4v) is 2.55. The van der Waals surface area contributed by atoms with Gasteiger partial charge in [-0.05, 0) is 18.2 Å². The Morgan fingerprint density at radius 1 is 1.20 bits per heavy atom. The van der Waals surface area contributed by atoms with E-state index in [9.17, 15) is 22.8 Å². The first-order valence-electron chi connectivity index (χ1n) is 7.66. The van der Waals surface area contributed by atoms with E-state index in [1.165, 1.54) is 6.07 Å². The molecule has 0 spiro atoms. The highest BCUT2D eigenvalue weighted by atomic mass is 35.5. The second kappa shape index (κ2) is 8.50. The predicted octanol–water partition coefficient (Wildman–Crippen LogP) is 1.32. The Morgan fingerprint density at radius 3 is 2.52 bits per heavy atom. The molecule has 0 atom stereocenters. The first kappa shape index (κ1) is 19.5. The molecule has 1 saturated heterocycles. The van der Waals surface area contributed by atoms with Gasteiger partial charge in [0.2, 0.25) is 0 Å². The first-order valence-corrected chi connectivity index (χ1v) is 8.04. The van der Waals surface area contributed by atoms with Crippen LogP contribution >= 0.6 is 11.6 Å². The molecule has 0 radical (unpaired) electrons. The smallest absolute Gasteiger partial charge is 0.347 e. The van der Waals surface area contributed by atoms with E-state index in [1.54, 1.807) is 0 Å². The molecule has 25 heavy (non-hydrogen) atoms. The lowest BCUT2D eigenvalue weighted by Gasteiger charge is -2.27. The molecule has 138 valence electrons. The molecule has 0 unspecified atom stereocenters. The number of benzene rings is 1. The van der Waals surface area contributed by atoms with Crippen LogP contribution in [0, 0.1) is 0 Å². The SMILES string of the molecule is O=C(NCCN1CCNCC1)C(=O)Nc1ccc(Cl)cc1C(F)(F)F. The number of hydrogen-bond donors (Lipinski definition) is 3. The lowest BCUT2D eigenvalue weighted by Crippen LogP contribution is -2.47. The van der Waals surface area contributed by atoms with Crippen molar-refractivity contribution in [3.63, 3.8) is 0 Å². The number of rotatable bonds is 4. The van der Waals surface area contributed by atoms with E-state index in [4.69, 9.17) is 11.6 Å². The summed E-state index contributed by atoms with van der Waals surface area (Å²) in [5.41, 5.74) is -1.62. The van der Waals surface area contributed by atoms with Crippen molar-refractivity contribution >= 4 is 29.1 Å². The summed E-state index contributed by atoms with van der Waals surface area (Å²) < 4.78 is 38.9. The average molecular weight is 379 g/mol. The topological polar surface area (TPSA) is 73.5 Å². The molecule has 0 aliphatic carbocycles. The van der Waals surface area contributed by atoms with Crippen LogP contribution in [0.3, 0.4) is 0 Å². The van der Waals surface area contributed by atoms with E-state index in [0.29, 0.717) is 12.6 Å². The number of alkyl halides is 3. The van der Waals surface area contributed by atoms with Crippen LogP contribution in [0.2, 0.25) is 5.02 Å². The van der Waals surface area contributed by atoms with Crippen LogP contribution in [0.25, 0.3) is 0 Å². The highest BCUT2D eigenvalue weighted by molar-refractivity contribution is 6.39. The zero-order chi connectivity index (χ0) is 18.4. The molecule has 1 fully saturated rings. The molecular formula is C15H18ClF3N4O2. The van der Waals surface area contributed by atoms with Crippen molar-refractivity contribution in [2.75, 3.05) is 44.6 Å². The fraction of sp³-hybridized carbons (Fsp3) is 0.467. The van der Waals surface area contributed by atoms with Crippen molar-refractivity contribution < 1.29 is 22.8 Å². The van der Waals surface area contributed by atoms with Crippen molar-refractivity contribution in [3.05, 3.63) is 28.8 Å². The maximum absolute atomic E-state index is 13.0. The van der Waals surface area contributed by atoms with Gasteiger partial charge >= 0.3 is 18.0 Å². The zero-order valence-electron chi connectivity index (χ0n) is 13.3. The Labute approximate surface area is 147 Å². The van der Waals surface area contributed by atoms with Crippen molar-refractivity contribution in [1.82, 2.24) is 15.5 Å². The van der Waals surface area contributed by atoms with E-state index < -0.39 is 29.2 Å². The van der Waals surface area contributed by atoms with E-state index >= 15 is 0 Å². The lowest BCUT2D eigenvalue weighted by molar-refractivity contribution is -0.138. The Kier molecular flexibility index (Phi) is 6.63. The van der Waals surface area contributed by atoms with Crippen LogP contribution < -0.4 is 16.0 Å². The molecule has 1 aliphatic heterocycles. The number of halogens is 4. The molecule has 1 aromatic carbocycles. The second-order valence-corrected chi connectivity index (χ2v) is 5.93. The predicted molar refractivity (Wildman–Crippen MR) is 87.4 cm³/mol. The monoisotopic (exact) mass is 378 g/mol. The third-order valence-corrected chi connectivity index (χ3v) is 3.90. The van der Waals surface area contributed by atoms with Gasteiger partial charge in [0.1, 0.15) is 0 Å². The highest BCUT2D eigenvalue weighted by Crippen LogP contribution is 2.36.